The summed E-state index contributed by atoms with van der Waals surface area (Å²) >= 11 is 3.58. The molecule has 124 valence electrons. The van der Waals surface area contributed by atoms with E-state index in [2.05, 4.69) is 26.2 Å². The highest BCUT2D eigenvalue weighted by atomic mass is 79.9. The molecule has 5 nitrogen and oxygen atoms in total. The van der Waals surface area contributed by atoms with E-state index in [1.165, 1.54) is 32.1 Å². The molecule has 1 aliphatic rings. The lowest BCUT2D eigenvalue weighted by Gasteiger charge is -2.24. The summed E-state index contributed by atoms with van der Waals surface area (Å²) in [5, 5.41) is 13.6. The maximum Gasteiger partial charge on any atom is 0.157 e. The number of aromatic nitrogens is 3. The van der Waals surface area contributed by atoms with Gasteiger partial charge in [-0.25, -0.2) is 4.98 Å². The van der Waals surface area contributed by atoms with E-state index in [1.807, 2.05) is 16.7 Å². The number of imidazole rings is 1. The standard InChI is InChI=1S/C18H19BrN4O/c19-15-7-6-13(24)10-14(15)17-18(21-12-4-2-1-3-5-12)23-9-8-20-11-16(23)22-17/h6-12,21,24H,1-5H2. The lowest BCUT2D eigenvalue weighted by atomic mass is 9.95. The van der Waals surface area contributed by atoms with Crippen molar-refractivity contribution in [2.75, 3.05) is 5.32 Å². The first-order chi connectivity index (χ1) is 11.7. The average Bonchev–Trinajstić information content (AvgIpc) is 2.96. The van der Waals surface area contributed by atoms with Gasteiger partial charge in [-0.1, -0.05) is 35.2 Å². The fourth-order valence-electron chi connectivity index (χ4n) is 3.37. The third kappa shape index (κ3) is 2.86. The molecule has 6 heteroatoms. The molecular formula is C18H19BrN4O. The molecule has 0 unspecified atom stereocenters. The van der Waals surface area contributed by atoms with Gasteiger partial charge in [0.25, 0.3) is 0 Å². The molecule has 4 rings (SSSR count). The van der Waals surface area contributed by atoms with Crippen LogP contribution < -0.4 is 5.32 Å². The van der Waals surface area contributed by atoms with Gasteiger partial charge < -0.3 is 10.4 Å². The molecule has 2 aromatic heterocycles. The van der Waals surface area contributed by atoms with Crippen molar-refractivity contribution in [2.45, 2.75) is 38.1 Å². The van der Waals surface area contributed by atoms with E-state index in [0.717, 1.165) is 27.2 Å². The van der Waals surface area contributed by atoms with Gasteiger partial charge >= 0.3 is 0 Å². The number of rotatable bonds is 3. The van der Waals surface area contributed by atoms with E-state index in [-0.39, 0.29) is 5.75 Å². The number of hydrogen-bond donors (Lipinski definition) is 2. The van der Waals surface area contributed by atoms with Crippen LogP contribution in [0.5, 0.6) is 5.75 Å². The second kappa shape index (κ2) is 6.43. The average molecular weight is 387 g/mol. The van der Waals surface area contributed by atoms with Crippen LogP contribution in [0.4, 0.5) is 5.82 Å². The van der Waals surface area contributed by atoms with Crippen molar-refractivity contribution in [1.29, 1.82) is 0 Å². The molecule has 2 heterocycles. The van der Waals surface area contributed by atoms with Crippen molar-refractivity contribution < 1.29 is 5.11 Å². The Bertz CT molecular complexity index is 871. The molecule has 24 heavy (non-hydrogen) atoms. The Morgan fingerprint density at radius 3 is 2.88 bits per heavy atom. The van der Waals surface area contributed by atoms with Crippen molar-refractivity contribution in [2.24, 2.45) is 0 Å². The van der Waals surface area contributed by atoms with Crippen LogP contribution in [0, 0.1) is 0 Å². The topological polar surface area (TPSA) is 62.5 Å². The molecule has 0 spiro atoms. The number of anilines is 1. The monoisotopic (exact) mass is 386 g/mol. The third-order valence-corrected chi connectivity index (χ3v) is 5.27. The highest BCUT2D eigenvalue weighted by Gasteiger charge is 2.21. The van der Waals surface area contributed by atoms with E-state index >= 15 is 0 Å². The summed E-state index contributed by atoms with van der Waals surface area (Å²) in [6.45, 7) is 0. The molecule has 0 saturated heterocycles. The molecule has 0 aliphatic heterocycles. The predicted octanol–water partition coefficient (Wildman–Crippen LogP) is 4.61. The lowest BCUT2D eigenvalue weighted by Crippen LogP contribution is -2.23. The van der Waals surface area contributed by atoms with Crippen molar-refractivity contribution in [3.05, 3.63) is 41.3 Å². The van der Waals surface area contributed by atoms with Gasteiger partial charge in [0, 0.05) is 28.5 Å². The van der Waals surface area contributed by atoms with E-state index in [9.17, 15) is 5.11 Å². The molecule has 0 atom stereocenters. The van der Waals surface area contributed by atoms with E-state index < -0.39 is 0 Å². The zero-order valence-corrected chi connectivity index (χ0v) is 14.8. The van der Waals surface area contributed by atoms with Crippen LogP contribution in [0.15, 0.2) is 41.3 Å². The first-order valence-electron chi connectivity index (χ1n) is 8.30. The Morgan fingerprint density at radius 2 is 2.04 bits per heavy atom. The maximum atomic E-state index is 9.90. The highest BCUT2D eigenvalue weighted by Crippen LogP contribution is 2.36. The van der Waals surface area contributed by atoms with Gasteiger partial charge in [-0.3, -0.25) is 9.38 Å². The van der Waals surface area contributed by atoms with Crippen molar-refractivity contribution in [3.63, 3.8) is 0 Å². The second-order valence-corrected chi connectivity index (χ2v) is 7.11. The minimum absolute atomic E-state index is 0.229. The van der Waals surface area contributed by atoms with Gasteiger partial charge in [0.05, 0.1) is 6.20 Å². The Kier molecular flexibility index (Phi) is 4.14. The molecule has 1 aromatic carbocycles. The van der Waals surface area contributed by atoms with Crippen LogP contribution in [0.3, 0.4) is 0 Å². The van der Waals surface area contributed by atoms with Crippen LogP contribution in [0.25, 0.3) is 16.9 Å². The largest absolute Gasteiger partial charge is 0.508 e. The number of aromatic hydroxyl groups is 1. The summed E-state index contributed by atoms with van der Waals surface area (Å²) in [7, 11) is 0. The number of phenols is 1. The fourth-order valence-corrected chi connectivity index (χ4v) is 3.80. The van der Waals surface area contributed by atoms with Crippen LogP contribution >= 0.6 is 15.9 Å². The quantitative estimate of drug-likeness (QED) is 0.689. The van der Waals surface area contributed by atoms with E-state index in [0.29, 0.717) is 6.04 Å². The molecule has 1 saturated carbocycles. The number of nitrogens with one attached hydrogen (secondary N) is 1. The van der Waals surface area contributed by atoms with Gasteiger partial charge in [-0.2, -0.15) is 0 Å². The Morgan fingerprint density at radius 1 is 1.21 bits per heavy atom. The van der Waals surface area contributed by atoms with Gasteiger partial charge in [0.1, 0.15) is 17.3 Å². The number of fused-ring (bicyclic) bond motifs is 1. The van der Waals surface area contributed by atoms with Gasteiger partial charge in [0.15, 0.2) is 5.65 Å². The Labute approximate surface area is 148 Å². The molecule has 0 bridgehead atoms. The van der Waals surface area contributed by atoms with Gasteiger partial charge in [-0.15, -0.1) is 0 Å². The maximum absolute atomic E-state index is 9.90. The second-order valence-electron chi connectivity index (χ2n) is 6.26. The molecular weight excluding hydrogens is 368 g/mol. The van der Waals surface area contributed by atoms with Crippen LogP contribution in [0.2, 0.25) is 0 Å². The number of hydrogen-bond acceptors (Lipinski definition) is 4. The Hall–Kier alpha value is -2.08. The molecule has 3 aromatic rings. The smallest absolute Gasteiger partial charge is 0.157 e. The molecule has 1 fully saturated rings. The number of phenolic OH excluding ortho intramolecular Hbond substituents is 1. The third-order valence-electron chi connectivity index (χ3n) is 4.58. The van der Waals surface area contributed by atoms with Crippen molar-refractivity contribution in [3.8, 4) is 17.0 Å². The van der Waals surface area contributed by atoms with E-state index in [4.69, 9.17) is 4.98 Å². The summed E-state index contributed by atoms with van der Waals surface area (Å²) in [5.74, 6) is 1.19. The summed E-state index contributed by atoms with van der Waals surface area (Å²) in [6, 6.07) is 5.71. The van der Waals surface area contributed by atoms with Gasteiger partial charge in [0.2, 0.25) is 0 Å². The minimum Gasteiger partial charge on any atom is -0.508 e. The predicted molar refractivity (Wildman–Crippen MR) is 98.3 cm³/mol. The van der Waals surface area contributed by atoms with Crippen LogP contribution in [-0.2, 0) is 0 Å². The lowest BCUT2D eigenvalue weighted by molar-refractivity contribution is 0.461. The van der Waals surface area contributed by atoms with Gasteiger partial charge in [-0.05, 0) is 31.0 Å². The summed E-state index contributed by atoms with van der Waals surface area (Å²) in [6.07, 6.45) is 11.7. The fraction of sp³-hybridized carbons (Fsp3) is 0.333. The number of nitrogens with zero attached hydrogens (tertiary/aromatic N) is 3. The van der Waals surface area contributed by atoms with Crippen LogP contribution in [0.1, 0.15) is 32.1 Å². The first-order valence-corrected chi connectivity index (χ1v) is 9.09. The summed E-state index contributed by atoms with van der Waals surface area (Å²) < 4.78 is 2.94. The van der Waals surface area contributed by atoms with Crippen LogP contribution in [-0.4, -0.2) is 25.5 Å². The first kappa shape index (κ1) is 15.4. The minimum atomic E-state index is 0.229. The number of halogens is 1. The molecule has 0 amide bonds. The molecule has 1 aliphatic carbocycles. The molecule has 2 N–H and O–H groups in total. The summed E-state index contributed by atoms with van der Waals surface area (Å²) in [4.78, 5) is 8.92. The molecule has 0 radical (unpaired) electrons. The van der Waals surface area contributed by atoms with Crippen molar-refractivity contribution >= 4 is 27.4 Å². The zero-order valence-electron chi connectivity index (χ0n) is 13.2. The Balaban J connectivity index is 1.84. The SMILES string of the molecule is Oc1ccc(Br)c(-c2nc3cnccn3c2NC2CCCCC2)c1. The number of benzene rings is 1. The highest BCUT2D eigenvalue weighted by molar-refractivity contribution is 9.10. The van der Waals surface area contributed by atoms with Crippen molar-refractivity contribution in [1.82, 2.24) is 14.4 Å². The summed E-state index contributed by atoms with van der Waals surface area (Å²) in [5.41, 5.74) is 2.49. The normalized spacial score (nSPS) is 15.7. The zero-order chi connectivity index (χ0) is 16.5. The van der Waals surface area contributed by atoms with E-state index in [1.54, 1.807) is 24.5 Å².